The molecular formula is C17H19N3S. The highest BCUT2D eigenvalue weighted by Crippen LogP contribution is 2.33. The Hall–Kier alpha value is -1.81. The van der Waals surface area contributed by atoms with Crippen molar-refractivity contribution in [3.8, 4) is 11.3 Å². The van der Waals surface area contributed by atoms with Crippen molar-refractivity contribution >= 4 is 27.4 Å². The van der Waals surface area contributed by atoms with Crippen molar-refractivity contribution in [2.24, 2.45) is 5.92 Å². The highest BCUT2D eigenvalue weighted by atomic mass is 32.1. The molecule has 0 bridgehead atoms. The van der Waals surface area contributed by atoms with E-state index in [1.807, 2.05) is 0 Å². The Labute approximate surface area is 128 Å². The lowest BCUT2D eigenvalue weighted by Gasteiger charge is -2.30. The second-order valence-electron chi connectivity index (χ2n) is 5.96. The van der Waals surface area contributed by atoms with Crippen molar-refractivity contribution in [1.29, 1.82) is 0 Å². The number of hydrogen-bond acceptors (Lipinski definition) is 3. The Bertz CT molecular complexity index is 758. The van der Waals surface area contributed by atoms with Gasteiger partial charge in [0.2, 0.25) is 0 Å². The van der Waals surface area contributed by atoms with Crippen molar-refractivity contribution in [2.75, 3.05) is 18.0 Å². The second kappa shape index (κ2) is 5.19. The molecule has 1 N–H and O–H groups in total. The molecule has 4 rings (SSSR count). The van der Waals surface area contributed by atoms with Crippen molar-refractivity contribution in [3.63, 3.8) is 0 Å². The van der Waals surface area contributed by atoms with Crippen molar-refractivity contribution < 1.29 is 0 Å². The standard InChI is InChI=1S/C17H19N3S/c1-12-5-4-8-20(10-12)17-19-16(11-21-17)14-9-18-15-7-3-2-6-13(14)15/h2-3,6-7,9,11-12,18H,4-5,8,10H2,1H3. The average Bonchev–Trinajstić information content (AvgIpc) is 3.14. The molecule has 3 aromatic rings. The minimum absolute atomic E-state index is 0.777. The third-order valence-electron chi connectivity index (χ3n) is 4.28. The number of H-pyrrole nitrogens is 1. The Balaban J connectivity index is 1.68. The number of anilines is 1. The van der Waals surface area contributed by atoms with E-state index in [2.05, 4.69) is 52.7 Å². The molecule has 1 aliphatic heterocycles. The summed E-state index contributed by atoms with van der Waals surface area (Å²) < 4.78 is 0. The van der Waals surface area contributed by atoms with Crippen LogP contribution in [0.1, 0.15) is 19.8 Å². The minimum Gasteiger partial charge on any atom is -0.360 e. The van der Waals surface area contributed by atoms with Gasteiger partial charge >= 0.3 is 0 Å². The van der Waals surface area contributed by atoms with Gasteiger partial charge in [0.15, 0.2) is 5.13 Å². The highest BCUT2D eigenvalue weighted by Gasteiger charge is 2.19. The number of aromatic nitrogens is 2. The summed E-state index contributed by atoms with van der Waals surface area (Å²) in [5.41, 5.74) is 3.47. The minimum atomic E-state index is 0.777. The molecule has 108 valence electrons. The van der Waals surface area contributed by atoms with Gasteiger partial charge in [0, 0.05) is 41.1 Å². The maximum Gasteiger partial charge on any atom is 0.185 e. The van der Waals surface area contributed by atoms with Gasteiger partial charge in [0.25, 0.3) is 0 Å². The first-order valence-electron chi connectivity index (χ1n) is 7.58. The van der Waals surface area contributed by atoms with Crippen LogP contribution in [0, 0.1) is 5.92 Å². The molecule has 3 nitrogen and oxygen atoms in total. The lowest BCUT2D eigenvalue weighted by atomic mass is 10.0. The quantitative estimate of drug-likeness (QED) is 0.753. The van der Waals surface area contributed by atoms with E-state index in [1.54, 1.807) is 11.3 Å². The number of rotatable bonds is 2. The topological polar surface area (TPSA) is 31.9 Å². The lowest BCUT2D eigenvalue weighted by molar-refractivity contribution is 0.446. The van der Waals surface area contributed by atoms with Crippen LogP contribution in [-0.2, 0) is 0 Å². The smallest absolute Gasteiger partial charge is 0.185 e. The van der Waals surface area contributed by atoms with Gasteiger partial charge < -0.3 is 9.88 Å². The molecule has 1 aliphatic rings. The molecular weight excluding hydrogens is 278 g/mol. The Kier molecular flexibility index (Phi) is 3.19. The van der Waals surface area contributed by atoms with Gasteiger partial charge in [-0.25, -0.2) is 4.98 Å². The number of aromatic amines is 1. The third-order valence-corrected chi connectivity index (χ3v) is 5.19. The molecule has 1 unspecified atom stereocenters. The molecule has 1 aromatic carbocycles. The second-order valence-corrected chi connectivity index (χ2v) is 6.79. The zero-order valence-corrected chi connectivity index (χ0v) is 13.0. The number of benzene rings is 1. The van der Waals surface area contributed by atoms with Crippen LogP contribution >= 0.6 is 11.3 Å². The van der Waals surface area contributed by atoms with Crippen LogP contribution in [0.2, 0.25) is 0 Å². The van der Waals surface area contributed by atoms with Gasteiger partial charge in [-0.3, -0.25) is 0 Å². The van der Waals surface area contributed by atoms with Crippen LogP contribution in [0.15, 0.2) is 35.8 Å². The van der Waals surface area contributed by atoms with Gasteiger partial charge in [-0.05, 0) is 24.8 Å². The Morgan fingerprint density at radius 1 is 1.33 bits per heavy atom. The highest BCUT2D eigenvalue weighted by molar-refractivity contribution is 7.14. The average molecular weight is 297 g/mol. The zero-order valence-electron chi connectivity index (χ0n) is 12.2. The van der Waals surface area contributed by atoms with E-state index in [1.165, 1.54) is 34.4 Å². The molecule has 3 heterocycles. The molecule has 0 aliphatic carbocycles. The predicted octanol–water partition coefficient (Wildman–Crippen LogP) is 4.53. The molecule has 0 saturated carbocycles. The molecule has 0 radical (unpaired) electrons. The predicted molar refractivity (Wildman–Crippen MR) is 90.0 cm³/mol. The zero-order chi connectivity index (χ0) is 14.2. The maximum absolute atomic E-state index is 4.89. The first-order valence-corrected chi connectivity index (χ1v) is 8.46. The monoisotopic (exact) mass is 297 g/mol. The number of nitrogens with zero attached hydrogens (tertiary/aromatic N) is 2. The molecule has 1 fully saturated rings. The van der Waals surface area contributed by atoms with E-state index in [0.717, 1.165) is 24.7 Å². The number of para-hydroxylation sites is 1. The Morgan fingerprint density at radius 2 is 2.24 bits per heavy atom. The van der Waals surface area contributed by atoms with Crippen LogP contribution in [0.4, 0.5) is 5.13 Å². The van der Waals surface area contributed by atoms with E-state index < -0.39 is 0 Å². The summed E-state index contributed by atoms with van der Waals surface area (Å²) in [5, 5.41) is 4.60. The van der Waals surface area contributed by atoms with Gasteiger partial charge in [0.05, 0.1) is 5.69 Å². The fourth-order valence-corrected chi connectivity index (χ4v) is 4.04. The van der Waals surface area contributed by atoms with E-state index in [4.69, 9.17) is 4.98 Å². The normalized spacial score (nSPS) is 19.3. The van der Waals surface area contributed by atoms with E-state index in [-0.39, 0.29) is 0 Å². The van der Waals surface area contributed by atoms with Crippen LogP contribution in [-0.4, -0.2) is 23.1 Å². The molecule has 0 spiro atoms. The van der Waals surface area contributed by atoms with Gasteiger partial charge in [-0.15, -0.1) is 11.3 Å². The maximum atomic E-state index is 4.89. The number of piperidine rings is 1. The fourth-order valence-electron chi connectivity index (χ4n) is 3.18. The van der Waals surface area contributed by atoms with Gasteiger partial charge in [0.1, 0.15) is 0 Å². The summed E-state index contributed by atoms with van der Waals surface area (Å²) in [5.74, 6) is 0.777. The molecule has 21 heavy (non-hydrogen) atoms. The summed E-state index contributed by atoms with van der Waals surface area (Å²) >= 11 is 1.77. The molecule has 1 atom stereocenters. The largest absolute Gasteiger partial charge is 0.360 e. The number of fused-ring (bicyclic) bond motifs is 1. The van der Waals surface area contributed by atoms with E-state index in [0.29, 0.717) is 0 Å². The van der Waals surface area contributed by atoms with Crippen LogP contribution in [0.3, 0.4) is 0 Å². The summed E-state index contributed by atoms with van der Waals surface area (Å²) in [6.45, 7) is 4.62. The van der Waals surface area contributed by atoms with E-state index >= 15 is 0 Å². The SMILES string of the molecule is CC1CCCN(c2nc(-c3c[nH]c4ccccc34)cs2)C1. The number of nitrogens with one attached hydrogen (secondary N) is 1. The van der Waals surface area contributed by atoms with Crippen molar-refractivity contribution in [3.05, 3.63) is 35.8 Å². The van der Waals surface area contributed by atoms with Crippen LogP contribution in [0.5, 0.6) is 0 Å². The Morgan fingerprint density at radius 3 is 3.14 bits per heavy atom. The molecule has 2 aromatic heterocycles. The number of hydrogen-bond donors (Lipinski definition) is 1. The summed E-state index contributed by atoms with van der Waals surface area (Å²) in [7, 11) is 0. The molecule has 0 amide bonds. The summed E-state index contributed by atoms with van der Waals surface area (Å²) in [6.07, 6.45) is 4.70. The third kappa shape index (κ3) is 2.33. The van der Waals surface area contributed by atoms with E-state index in [9.17, 15) is 0 Å². The molecule has 4 heteroatoms. The van der Waals surface area contributed by atoms with Crippen LogP contribution < -0.4 is 4.90 Å². The van der Waals surface area contributed by atoms with Crippen LogP contribution in [0.25, 0.3) is 22.2 Å². The fraction of sp³-hybridized carbons (Fsp3) is 0.353. The van der Waals surface area contributed by atoms with Gasteiger partial charge in [-0.2, -0.15) is 0 Å². The summed E-state index contributed by atoms with van der Waals surface area (Å²) in [6, 6.07) is 8.41. The van der Waals surface area contributed by atoms with Crippen molar-refractivity contribution in [1.82, 2.24) is 9.97 Å². The first-order chi connectivity index (χ1) is 10.3. The first kappa shape index (κ1) is 12.9. The summed E-state index contributed by atoms with van der Waals surface area (Å²) in [4.78, 5) is 10.7. The van der Waals surface area contributed by atoms with Gasteiger partial charge in [-0.1, -0.05) is 25.1 Å². The lowest BCUT2D eigenvalue weighted by Crippen LogP contribution is -2.34. The molecule has 1 saturated heterocycles. The number of thiazole rings is 1. The van der Waals surface area contributed by atoms with Crippen molar-refractivity contribution in [2.45, 2.75) is 19.8 Å².